The Bertz CT molecular complexity index is 465. The van der Waals surface area contributed by atoms with Crippen LogP contribution in [0.5, 0.6) is 0 Å². The number of nitrogens with one attached hydrogen (secondary N) is 2. The van der Waals surface area contributed by atoms with Crippen molar-refractivity contribution in [2.75, 3.05) is 18.4 Å². The summed E-state index contributed by atoms with van der Waals surface area (Å²) >= 11 is 5.84. The molecule has 88 valence electrons. The Morgan fingerprint density at radius 3 is 2.94 bits per heavy atom. The summed E-state index contributed by atoms with van der Waals surface area (Å²) in [5.41, 5.74) is 0.953. The lowest BCUT2D eigenvalue weighted by Crippen LogP contribution is -2.28. The second-order valence-electron chi connectivity index (χ2n) is 3.27. The molecule has 0 atom stereocenters. The maximum Gasteiger partial charge on any atom is 0.238 e. The Labute approximate surface area is 105 Å². The molecule has 0 aromatic heterocycles. The Morgan fingerprint density at radius 2 is 2.35 bits per heavy atom. The first-order valence-electron chi connectivity index (χ1n) is 4.98. The van der Waals surface area contributed by atoms with Crippen LogP contribution in [-0.2, 0) is 4.79 Å². The molecule has 0 radical (unpaired) electrons. The lowest BCUT2D eigenvalue weighted by molar-refractivity contribution is -0.115. The highest BCUT2D eigenvalue weighted by Gasteiger charge is 2.04. The minimum absolute atomic E-state index is 0.173. The van der Waals surface area contributed by atoms with E-state index in [1.54, 1.807) is 24.3 Å². The second-order valence-corrected chi connectivity index (χ2v) is 3.68. The number of carbonyl (C=O) groups is 1. The van der Waals surface area contributed by atoms with Crippen LogP contribution in [0.2, 0.25) is 5.02 Å². The second kappa shape index (κ2) is 6.69. The van der Waals surface area contributed by atoms with Gasteiger partial charge in [-0.15, -0.1) is 6.58 Å². The molecule has 0 aliphatic rings. The first kappa shape index (κ1) is 13.2. The van der Waals surface area contributed by atoms with Gasteiger partial charge in [-0.3, -0.25) is 4.79 Å². The largest absolute Gasteiger partial charge is 0.325 e. The van der Waals surface area contributed by atoms with Gasteiger partial charge >= 0.3 is 0 Å². The molecule has 0 heterocycles. The van der Waals surface area contributed by atoms with Gasteiger partial charge in [0.15, 0.2) is 0 Å². The van der Waals surface area contributed by atoms with Crippen LogP contribution in [0, 0.1) is 11.3 Å². The third kappa shape index (κ3) is 4.27. The molecule has 0 fully saturated rings. The van der Waals surface area contributed by atoms with Crippen LogP contribution in [0.1, 0.15) is 5.56 Å². The zero-order valence-electron chi connectivity index (χ0n) is 9.16. The summed E-state index contributed by atoms with van der Waals surface area (Å²) in [6, 6.07) is 6.70. The number of rotatable bonds is 5. The Hall–Kier alpha value is -1.83. The molecule has 0 unspecified atom stereocenters. The number of amides is 1. The van der Waals surface area contributed by atoms with Gasteiger partial charge in [-0.05, 0) is 18.2 Å². The van der Waals surface area contributed by atoms with E-state index in [4.69, 9.17) is 16.9 Å². The third-order valence-corrected chi connectivity index (χ3v) is 2.26. The number of anilines is 1. The molecule has 0 saturated heterocycles. The predicted molar refractivity (Wildman–Crippen MR) is 67.9 cm³/mol. The molecular weight excluding hydrogens is 238 g/mol. The summed E-state index contributed by atoms with van der Waals surface area (Å²) in [6.45, 7) is 4.30. The zero-order chi connectivity index (χ0) is 12.7. The van der Waals surface area contributed by atoms with Gasteiger partial charge in [-0.1, -0.05) is 17.7 Å². The van der Waals surface area contributed by atoms with Gasteiger partial charge < -0.3 is 10.6 Å². The highest BCUT2D eigenvalue weighted by molar-refractivity contribution is 6.32. The van der Waals surface area contributed by atoms with Crippen molar-refractivity contribution in [3.63, 3.8) is 0 Å². The third-order valence-electron chi connectivity index (χ3n) is 1.95. The summed E-state index contributed by atoms with van der Waals surface area (Å²) in [7, 11) is 0. The number of hydrogen-bond donors (Lipinski definition) is 2. The molecule has 1 amide bonds. The van der Waals surface area contributed by atoms with E-state index in [0.29, 0.717) is 22.8 Å². The van der Waals surface area contributed by atoms with Gasteiger partial charge in [0.25, 0.3) is 0 Å². The number of benzene rings is 1. The molecule has 2 N–H and O–H groups in total. The van der Waals surface area contributed by atoms with E-state index in [0.717, 1.165) is 0 Å². The Morgan fingerprint density at radius 1 is 1.59 bits per heavy atom. The van der Waals surface area contributed by atoms with Gasteiger partial charge in [-0.2, -0.15) is 5.26 Å². The van der Waals surface area contributed by atoms with Crippen molar-refractivity contribution < 1.29 is 4.79 Å². The summed E-state index contributed by atoms with van der Waals surface area (Å²) in [6.07, 6.45) is 1.67. The first-order valence-corrected chi connectivity index (χ1v) is 5.36. The molecule has 4 nitrogen and oxygen atoms in total. The van der Waals surface area contributed by atoms with Crippen molar-refractivity contribution in [2.24, 2.45) is 0 Å². The quantitative estimate of drug-likeness (QED) is 0.619. The van der Waals surface area contributed by atoms with Crippen LogP contribution in [0.25, 0.3) is 0 Å². The summed E-state index contributed by atoms with van der Waals surface area (Å²) < 4.78 is 0. The average Bonchev–Trinajstić information content (AvgIpc) is 2.29. The van der Waals surface area contributed by atoms with Crippen LogP contribution in [0.3, 0.4) is 0 Å². The fourth-order valence-corrected chi connectivity index (χ4v) is 1.40. The molecular formula is C12H12ClN3O. The molecule has 1 aromatic rings. The number of halogens is 1. The van der Waals surface area contributed by atoms with Crippen molar-refractivity contribution in [3.05, 3.63) is 41.4 Å². The lowest BCUT2D eigenvalue weighted by Gasteiger charge is -2.06. The maximum atomic E-state index is 11.4. The summed E-state index contributed by atoms with van der Waals surface area (Å²) in [5, 5.41) is 14.6. The number of hydrogen-bond acceptors (Lipinski definition) is 3. The van der Waals surface area contributed by atoms with E-state index in [1.165, 1.54) is 0 Å². The van der Waals surface area contributed by atoms with Gasteiger partial charge in [0.2, 0.25) is 5.91 Å². The minimum atomic E-state index is -0.173. The van der Waals surface area contributed by atoms with Crippen LogP contribution >= 0.6 is 11.6 Å². The summed E-state index contributed by atoms with van der Waals surface area (Å²) in [5.74, 6) is -0.173. The fourth-order valence-electron chi connectivity index (χ4n) is 1.18. The zero-order valence-corrected chi connectivity index (χ0v) is 9.92. The van der Waals surface area contributed by atoms with Gasteiger partial charge in [-0.25, -0.2) is 0 Å². The monoisotopic (exact) mass is 249 g/mol. The van der Waals surface area contributed by atoms with E-state index in [9.17, 15) is 4.79 Å². The smallest absolute Gasteiger partial charge is 0.238 e. The number of nitrogens with zero attached hydrogens (tertiary/aromatic N) is 1. The number of carbonyl (C=O) groups excluding carboxylic acids is 1. The first-order chi connectivity index (χ1) is 8.17. The highest BCUT2D eigenvalue weighted by Crippen LogP contribution is 2.19. The van der Waals surface area contributed by atoms with Crippen molar-refractivity contribution in [2.45, 2.75) is 0 Å². The molecule has 17 heavy (non-hydrogen) atoms. The van der Waals surface area contributed by atoms with Crippen molar-refractivity contribution in [1.29, 1.82) is 5.26 Å². The fraction of sp³-hybridized carbons (Fsp3) is 0.167. The topological polar surface area (TPSA) is 64.9 Å². The molecule has 0 aliphatic heterocycles. The van der Waals surface area contributed by atoms with Crippen LogP contribution in [0.4, 0.5) is 5.69 Å². The van der Waals surface area contributed by atoms with E-state index < -0.39 is 0 Å². The van der Waals surface area contributed by atoms with E-state index >= 15 is 0 Å². The standard InChI is InChI=1S/C12H12ClN3O/c1-2-5-15-8-12(17)16-10-4-3-9(7-14)11(13)6-10/h2-4,6,15H,1,5,8H2,(H,16,17). The maximum absolute atomic E-state index is 11.4. The van der Waals surface area contributed by atoms with Gasteiger partial charge in [0.1, 0.15) is 6.07 Å². The SMILES string of the molecule is C=CCNCC(=O)Nc1ccc(C#N)c(Cl)c1. The molecule has 0 spiro atoms. The Kier molecular flexibility index (Phi) is 5.21. The normalized spacial score (nSPS) is 9.41. The highest BCUT2D eigenvalue weighted by atomic mass is 35.5. The van der Waals surface area contributed by atoms with Gasteiger partial charge in [0, 0.05) is 12.2 Å². The van der Waals surface area contributed by atoms with E-state index in [1.807, 2.05) is 6.07 Å². The molecule has 5 heteroatoms. The van der Waals surface area contributed by atoms with Crippen LogP contribution < -0.4 is 10.6 Å². The predicted octanol–water partition coefficient (Wildman–Crippen LogP) is 1.93. The molecule has 0 saturated carbocycles. The average molecular weight is 250 g/mol. The molecule has 1 aromatic carbocycles. The van der Waals surface area contributed by atoms with Crippen LogP contribution in [-0.4, -0.2) is 19.0 Å². The van der Waals surface area contributed by atoms with Crippen molar-refractivity contribution >= 4 is 23.2 Å². The van der Waals surface area contributed by atoms with Crippen molar-refractivity contribution in [1.82, 2.24) is 5.32 Å². The number of nitriles is 1. The Balaban J connectivity index is 2.57. The van der Waals surface area contributed by atoms with Crippen LogP contribution in [0.15, 0.2) is 30.9 Å². The molecule has 0 bridgehead atoms. The van der Waals surface area contributed by atoms with Gasteiger partial charge in [0.05, 0.1) is 17.1 Å². The minimum Gasteiger partial charge on any atom is -0.325 e. The van der Waals surface area contributed by atoms with Crippen molar-refractivity contribution in [3.8, 4) is 6.07 Å². The van der Waals surface area contributed by atoms with E-state index in [-0.39, 0.29) is 12.5 Å². The molecule has 0 aliphatic carbocycles. The van der Waals surface area contributed by atoms with E-state index in [2.05, 4.69) is 17.2 Å². The molecule has 1 rings (SSSR count). The lowest BCUT2D eigenvalue weighted by atomic mass is 10.2. The summed E-state index contributed by atoms with van der Waals surface area (Å²) in [4.78, 5) is 11.4.